The van der Waals surface area contributed by atoms with E-state index in [0.717, 1.165) is 0 Å². The molecule has 6 heteroatoms. The van der Waals surface area contributed by atoms with Crippen LogP contribution in [0.3, 0.4) is 0 Å². The molecule has 1 aliphatic carbocycles. The van der Waals surface area contributed by atoms with Gasteiger partial charge in [-0.05, 0) is 25.0 Å². The summed E-state index contributed by atoms with van der Waals surface area (Å²) in [5.74, 6) is 0.0908. The fourth-order valence-electron chi connectivity index (χ4n) is 1.39. The lowest BCUT2D eigenvalue weighted by Crippen LogP contribution is -2.38. The molecule has 0 radical (unpaired) electrons. The Balaban J connectivity index is 2.20. The van der Waals surface area contributed by atoms with Crippen molar-refractivity contribution in [3.8, 4) is 0 Å². The number of nitrogens with one attached hydrogen (secondary N) is 1. The van der Waals surface area contributed by atoms with Gasteiger partial charge in [-0.3, -0.25) is 0 Å². The number of nitrogens with zero attached hydrogens (tertiary/aromatic N) is 1. The van der Waals surface area contributed by atoms with Gasteiger partial charge in [0.1, 0.15) is 11.4 Å². The minimum Gasteiger partial charge on any atom is -0.382 e. The largest absolute Gasteiger partial charge is 0.411 e. The van der Waals surface area contributed by atoms with Gasteiger partial charge in [-0.2, -0.15) is 13.2 Å². The Bertz CT molecular complexity index is 371. The van der Waals surface area contributed by atoms with Crippen LogP contribution in [0.1, 0.15) is 12.8 Å². The van der Waals surface area contributed by atoms with Gasteiger partial charge in [0.25, 0.3) is 0 Å². The molecule has 3 N–H and O–H groups in total. The maximum atomic E-state index is 12.6. The molecule has 15 heavy (non-hydrogen) atoms. The van der Waals surface area contributed by atoms with Crippen LogP contribution in [0.2, 0.25) is 0 Å². The summed E-state index contributed by atoms with van der Waals surface area (Å²) in [4.78, 5) is 3.72. The highest BCUT2D eigenvalue weighted by Crippen LogP contribution is 2.51. The van der Waals surface area contributed by atoms with Gasteiger partial charge in [0.2, 0.25) is 0 Å². The minimum absolute atomic E-state index is 0.0881. The highest BCUT2D eigenvalue weighted by molar-refractivity contribution is 5.63. The van der Waals surface area contributed by atoms with Crippen molar-refractivity contribution in [3.05, 3.63) is 18.3 Å². The predicted octanol–water partition coefficient (Wildman–Crippen LogP) is 2.17. The summed E-state index contributed by atoms with van der Waals surface area (Å²) < 4.78 is 37.8. The molecule has 0 unspecified atom stereocenters. The van der Waals surface area contributed by atoms with Crippen LogP contribution in [0.25, 0.3) is 0 Å². The van der Waals surface area contributed by atoms with Crippen LogP contribution in [0.4, 0.5) is 24.7 Å². The van der Waals surface area contributed by atoms with Crippen LogP contribution in [0.15, 0.2) is 18.3 Å². The smallest absolute Gasteiger partial charge is 0.382 e. The van der Waals surface area contributed by atoms with Gasteiger partial charge in [0.05, 0.1) is 5.69 Å². The topological polar surface area (TPSA) is 50.9 Å². The third-order valence-corrected chi connectivity index (χ3v) is 2.51. The zero-order chi connectivity index (χ0) is 11.1. The number of halogens is 3. The molecular formula is C9H10F3N3. The van der Waals surface area contributed by atoms with Crippen LogP contribution in [0, 0.1) is 0 Å². The average Bonchev–Trinajstić information content (AvgIpc) is 2.89. The van der Waals surface area contributed by atoms with Crippen LogP contribution in [-0.4, -0.2) is 16.7 Å². The summed E-state index contributed by atoms with van der Waals surface area (Å²) >= 11 is 0. The molecular weight excluding hydrogens is 207 g/mol. The van der Waals surface area contributed by atoms with Gasteiger partial charge in [-0.1, -0.05) is 0 Å². The molecule has 0 saturated heterocycles. The van der Waals surface area contributed by atoms with Crippen LogP contribution in [-0.2, 0) is 0 Å². The molecule has 2 rings (SSSR count). The summed E-state index contributed by atoms with van der Waals surface area (Å²) in [5.41, 5.74) is 3.91. The molecule has 0 atom stereocenters. The summed E-state index contributed by atoms with van der Waals surface area (Å²) in [6.45, 7) is 0. The van der Waals surface area contributed by atoms with Crippen molar-refractivity contribution in [1.82, 2.24) is 4.98 Å². The van der Waals surface area contributed by atoms with Gasteiger partial charge in [0.15, 0.2) is 0 Å². The summed E-state index contributed by atoms with van der Waals surface area (Å²) in [6, 6.07) is 3.04. The lowest BCUT2D eigenvalue weighted by atomic mass is 10.2. The normalized spacial score (nSPS) is 18.6. The first kappa shape index (κ1) is 10.1. The number of pyridine rings is 1. The second kappa shape index (κ2) is 3.01. The standard InChI is InChI=1S/C9H10F3N3/c10-9(11,12)8(3-4-8)15-6-2-1-5-14-7(6)13/h1-2,5,15H,3-4H2,(H2,13,14). The third-order valence-electron chi connectivity index (χ3n) is 2.51. The first-order valence-electron chi connectivity index (χ1n) is 4.50. The second-order valence-corrected chi connectivity index (χ2v) is 3.64. The lowest BCUT2D eigenvalue weighted by Gasteiger charge is -2.22. The third kappa shape index (κ3) is 1.71. The van der Waals surface area contributed by atoms with Crippen molar-refractivity contribution in [2.24, 2.45) is 0 Å². The van der Waals surface area contributed by atoms with Crippen molar-refractivity contribution in [3.63, 3.8) is 0 Å². The molecule has 1 aromatic rings. The van der Waals surface area contributed by atoms with Crippen LogP contribution < -0.4 is 11.1 Å². The molecule has 1 aliphatic rings. The minimum atomic E-state index is -4.24. The zero-order valence-electron chi connectivity index (χ0n) is 7.80. The van der Waals surface area contributed by atoms with Gasteiger partial charge >= 0.3 is 6.18 Å². The molecule has 0 amide bonds. The molecule has 3 nitrogen and oxygen atoms in total. The number of aromatic nitrogens is 1. The Morgan fingerprint density at radius 3 is 2.53 bits per heavy atom. The maximum Gasteiger partial charge on any atom is 0.411 e. The van der Waals surface area contributed by atoms with Crippen molar-refractivity contribution in [1.29, 1.82) is 0 Å². The number of rotatable bonds is 2. The van der Waals surface area contributed by atoms with Gasteiger partial charge < -0.3 is 11.1 Å². The van der Waals surface area contributed by atoms with Crippen LogP contribution in [0.5, 0.6) is 0 Å². The lowest BCUT2D eigenvalue weighted by molar-refractivity contribution is -0.151. The number of hydrogen-bond acceptors (Lipinski definition) is 3. The van der Waals surface area contributed by atoms with E-state index in [2.05, 4.69) is 10.3 Å². The fourth-order valence-corrected chi connectivity index (χ4v) is 1.39. The van der Waals surface area contributed by atoms with E-state index in [0.29, 0.717) is 0 Å². The molecule has 0 aliphatic heterocycles. The van der Waals surface area contributed by atoms with Crippen molar-refractivity contribution in [2.45, 2.75) is 24.6 Å². The van der Waals surface area contributed by atoms with Gasteiger partial charge in [-0.15, -0.1) is 0 Å². The van der Waals surface area contributed by atoms with Crippen molar-refractivity contribution < 1.29 is 13.2 Å². The highest BCUT2D eigenvalue weighted by atomic mass is 19.4. The molecule has 1 aromatic heterocycles. The monoisotopic (exact) mass is 217 g/mol. The van der Waals surface area contributed by atoms with E-state index >= 15 is 0 Å². The zero-order valence-corrected chi connectivity index (χ0v) is 7.80. The van der Waals surface area contributed by atoms with E-state index in [4.69, 9.17) is 5.73 Å². The Morgan fingerprint density at radius 2 is 2.07 bits per heavy atom. The maximum absolute atomic E-state index is 12.6. The predicted molar refractivity (Wildman–Crippen MR) is 50.3 cm³/mol. The number of hydrogen-bond donors (Lipinski definition) is 2. The Kier molecular flexibility index (Phi) is 2.02. The molecule has 0 aromatic carbocycles. The summed E-state index contributed by atoms with van der Waals surface area (Å²) in [7, 11) is 0. The Morgan fingerprint density at radius 1 is 1.40 bits per heavy atom. The molecule has 0 spiro atoms. The first-order chi connectivity index (χ1) is 6.95. The van der Waals surface area contributed by atoms with Crippen LogP contribution >= 0.6 is 0 Å². The molecule has 0 bridgehead atoms. The van der Waals surface area contributed by atoms with Crippen molar-refractivity contribution >= 4 is 11.5 Å². The SMILES string of the molecule is Nc1ncccc1NC1(C(F)(F)F)CC1. The van der Waals surface area contributed by atoms with Gasteiger partial charge in [0, 0.05) is 6.20 Å². The molecule has 1 fully saturated rings. The number of nitrogens with two attached hydrogens (primary N) is 1. The van der Waals surface area contributed by atoms with E-state index in [1.165, 1.54) is 12.3 Å². The number of anilines is 2. The number of alkyl halides is 3. The number of nitrogen functional groups attached to an aromatic ring is 1. The van der Waals surface area contributed by atoms with Gasteiger partial charge in [-0.25, -0.2) is 4.98 Å². The quantitative estimate of drug-likeness (QED) is 0.798. The van der Waals surface area contributed by atoms with E-state index < -0.39 is 11.7 Å². The second-order valence-electron chi connectivity index (χ2n) is 3.64. The molecule has 1 saturated carbocycles. The Labute approximate surface area is 84.5 Å². The van der Waals surface area contributed by atoms with Crippen molar-refractivity contribution in [2.75, 3.05) is 11.1 Å². The summed E-state index contributed by atoms with van der Waals surface area (Å²) in [5, 5.41) is 2.43. The van der Waals surface area contributed by atoms with E-state index in [-0.39, 0.29) is 24.3 Å². The summed E-state index contributed by atoms with van der Waals surface area (Å²) in [6.07, 6.45) is -2.63. The average molecular weight is 217 g/mol. The highest BCUT2D eigenvalue weighted by Gasteiger charge is 2.63. The van der Waals surface area contributed by atoms with E-state index in [9.17, 15) is 13.2 Å². The van der Waals surface area contributed by atoms with E-state index in [1.807, 2.05) is 0 Å². The fraction of sp³-hybridized carbons (Fsp3) is 0.444. The van der Waals surface area contributed by atoms with E-state index in [1.54, 1.807) is 6.07 Å². The Hall–Kier alpha value is -1.46. The molecule has 82 valence electrons. The first-order valence-corrected chi connectivity index (χ1v) is 4.50. The molecule has 1 heterocycles.